The number of aromatic amines is 1. The highest BCUT2D eigenvalue weighted by Crippen LogP contribution is 2.20. The number of aromatic nitrogens is 1. The van der Waals surface area contributed by atoms with Gasteiger partial charge in [-0.3, -0.25) is 9.69 Å². The lowest BCUT2D eigenvalue weighted by Crippen LogP contribution is -2.44. The van der Waals surface area contributed by atoms with Crippen molar-refractivity contribution in [2.24, 2.45) is 0 Å². The number of hydrogen-bond acceptors (Lipinski definition) is 4. The van der Waals surface area contributed by atoms with Crippen LogP contribution in [0.1, 0.15) is 16.7 Å². The second-order valence-corrected chi connectivity index (χ2v) is 8.92. The van der Waals surface area contributed by atoms with E-state index >= 15 is 0 Å². The number of nitrogens with one attached hydrogen (secondary N) is 2. The number of nitrogens with zero attached hydrogens (tertiary/aromatic N) is 2. The molecule has 33 heavy (non-hydrogen) atoms. The lowest BCUT2D eigenvalue weighted by molar-refractivity contribution is 0.0349. The van der Waals surface area contributed by atoms with Gasteiger partial charge in [-0.05, 0) is 61.4 Å². The van der Waals surface area contributed by atoms with E-state index < -0.39 is 0 Å². The first-order chi connectivity index (χ1) is 15.9. The number of morpholine rings is 1. The van der Waals surface area contributed by atoms with Gasteiger partial charge in [0.2, 0.25) is 0 Å². The number of rotatable bonds is 6. The first kappa shape index (κ1) is 23.3. The van der Waals surface area contributed by atoms with E-state index in [-0.39, 0.29) is 18.1 Å². The Bertz CT molecular complexity index is 1190. The van der Waals surface area contributed by atoms with Crippen LogP contribution in [0.5, 0.6) is 0 Å². The summed E-state index contributed by atoms with van der Waals surface area (Å²) in [6.07, 6.45) is 0. The fourth-order valence-electron chi connectivity index (χ4n) is 4.11. The van der Waals surface area contributed by atoms with E-state index in [1.54, 1.807) is 29.2 Å². The molecule has 174 valence electrons. The maximum Gasteiger partial charge on any atom is 0.322 e. The summed E-state index contributed by atoms with van der Waals surface area (Å²) in [6, 6.07) is 12.7. The molecule has 0 aliphatic carbocycles. The number of H-pyrrole nitrogens is 1. The van der Waals surface area contributed by atoms with Crippen LogP contribution < -0.4 is 10.9 Å². The normalized spacial score (nSPS) is 14.4. The highest BCUT2D eigenvalue weighted by Gasteiger charge is 2.19. The van der Waals surface area contributed by atoms with Crippen molar-refractivity contribution in [1.82, 2.24) is 14.8 Å². The number of carbonyl (C=O) groups excluding carboxylic acids is 1. The Morgan fingerprint density at radius 3 is 2.61 bits per heavy atom. The Morgan fingerprint density at radius 1 is 1.15 bits per heavy atom. The number of urea groups is 1. The predicted molar refractivity (Wildman–Crippen MR) is 132 cm³/mol. The number of carbonyl (C=O) groups is 1. The Morgan fingerprint density at radius 2 is 1.88 bits per heavy atom. The zero-order valence-corrected chi connectivity index (χ0v) is 19.7. The van der Waals surface area contributed by atoms with Crippen molar-refractivity contribution in [2.75, 3.05) is 44.7 Å². The Balaban J connectivity index is 1.57. The van der Waals surface area contributed by atoms with E-state index in [9.17, 15) is 9.59 Å². The van der Waals surface area contributed by atoms with E-state index in [2.05, 4.69) is 21.3 Å². The molecule has 2 N–H and O–H groups in total. The predicted octanol–water partition coefficient (Wildman–Crippen LogP) is 4.16. The molecule has 4 rings (SSSR count). The van der Waals surface area contributed by atoms with Gasteiger partial charge < -0.3 is 19.9 Å². The quantitative estimate of drug-likeness (QED) is 0.569. The minimum Gasteiger partial charge on any atom is -0.379 e. The van der Waals surface area contributed by atoms with E-state index in [1.807, 2.05) is 26.0 Å². The first-order valence-corrected chi connectivity index (χ1v) is 11.5. The molecule has 0 bridgehead atoms. The smallest absolute Gasteiger partial charge is 0.322 e. The molecule has 3 aromatic rings. The third-order valence-electron chi connectivity index (χ3n) is 5.92. The summed E-state index contributed by atoms with van der Waals surface area (Å²) in [5.74, 6) is 0. The van der Waals surface area contributed by atoms with Crippen molar-refractivity contribution in [1.29, 1.82) is 0 Å². The van der Waals surface area contributed by atoms with Crippen LogP contribution in [0.25, 0.3) is 10.9 Å². The molecule has 1 aliphatic rings. The zero-order valence-electron chi connectivity index (χ0n) is 19.0. The first-order valence-electron chi connectivity index (χ1n) is 11.1. The third-order valence-corrected chi connectivity index (χ3v) is 6.18. The van der Waals surface area contributed by atoms with Crippen molar-refractivity contribution in [2.45, 2.75) is 20.4 Å². The number of aryl methyl sites for hydroxylation is 2. The van der Waals surface area contributed by atoms with Gasteiger partial charge in [0.1, 0.15) is 0 Å². The summed E-state index contributed by atoms with van der Waals surface area (Å²) in [5.41, 5.74) is 4.03. The topological polar surface area (TPSA) is 77.7 Å². The largest absolute Gasteiger partial charge is 0.379 e. The second-order valence-electron chi connectivity index (χ2n) is 8.48. The number of benzene rings is 2. The van der Waals surface area contributed by atoms with Crippen molar-refractivity contribution in [3.8, 4) is 0 Å². The van der Waals surface area contributed by atoms with Crippen LogP contribution in [0, 0.1) is 13.8 Å². The molecule has 0 spiro atoms. The van der Waals surface area contributed by atoms with Crippen LogP contribution in [0.15, 0.2) is 47.3 Å². The molecule has 1 aliphatic heterocycles. The average molecular weight is 469 g/mol. The average Bonchev–Trinajstić information content (AvgIpc) is 2.79. The molecule has 0 unspecified atom stereocenters. The van der Waals surface area contributed by atoms with Crippen LogP contribution in [-0.2, 0) is 11.3 Å². The standard InChI is InChI=1S/C25H29ClN4O3/c1-17-13-18(2)22-15-19(24(31)28-23(22)14-17)16-30(8-7-29-9-11-33-12-10-29)25(32)27-21-5-3-20(26)4-6-21/h3-6,13-15H,7-12,16H2,1-2H3,(H,27,32)(H,28,31). The molecule has 8 heteroatoms. The van der Waals surface area contributed by atoms with Gasteiger partial charge in [-0.2, -0.15) is 0 Å². The van der Waals surface area contributed by atoms with E-state index in [0.717, 1.165) is 35.1 Å². The van der Waals surface area contributed by atoms with E-state index in [1.165, 1.54) is 0 Å². The molecular formula is C25H29ClN4O3. The minimum absolute atomic E-state index is 0.178. The van der Waals surface area contributed by atoms with Crippen molar-refractivity contribution < 1.29 is 9.53 Å². The Kier molecular flexibility index (Phi) is 7.33. The van der Waals surface area contributed by atoms with E-state index in [4.69, 9.17) is 16.3 Å². The lowest BCUT2D eigenvalue weighted by atomic mass is 10.0. The zero-order chi connectivity index (χ0) is 23.4. The fourth-order valence-corrected chi connectivity index (χ4v) is 4.24. The molecule has 1 saturated heterocycles. The molecule has 2 heterocycles. The van der Waals surface area contributed by atoms with Crippen LogP contribution in [0.4, 0.5) is 10.5 Å². The maximum atomic E-state index is 13.2. The van der Waals surface area contributed by atoms with Gasteiger partial charge in [0.15, 0.2) is 0 Å². The Hall–Kier alpha value is -2.87. The molecule has 7 nitrogen and oxygen atoms in total. The number of pyridine rings is 1. The highest BCUT2D eigenvalue weighted by molar-refractivity contribution is 6.30. The molecule has 2 amide bonds. The summed E-state index contributed by atoms with van der Waals surface area (Å²) in [5, 5.41) is 4.52. The lowest BCUT2D eigenvalue weighted by Gasteiger charge is -2.30. The highest BCUT2D eigenvalue weighted by atomic mass is 35.5. The molecule has 1 aromatic heterocycles. The summed E-state index contributed by atoms with van der Waals surface area (Å²) in [6.45, 7) is 8.50. The minimum atomic E-state index is -0.259. The number of ether oxygens (including phenoxy) is 1. The fraction of sp³-hybridized carbons (Fsp3) is 0.360. The van der Waals surface area contributed by atoms with Crippen molar-refractivity contribution >= 4 is 34.2 Å². The van der Waals surface area contributed by atoms with Gasteiger partial charge in [-0.1, -0.05) is 17.7 Å². The van der Waals surface area contributed by atoms with Gasteiger partial charge >= 0.3 is 6.03 Å². The summed E-state index contributed by atoms with van der Waals surface area (Å²) in [7, 11) is 0. The van der Waals surface area contributed by atoms with Crippen molar-refractivity contribution in [3.05, 3.63) is 74.5 Å². The molecule has 0 saturated carbocycles. The summed E-state index contributed by atoms with van der Waals surface area (Å²) in [4.78, 5) is 33.0. The SMILES string of the molecule is Cc1cc(C)c2cc(CN(CCN3CCOCC3)C(=O)Nc3ccc(Cl)cc3)c(=O)[nH]c2c1. The molecule has 0 radical (unpaired) electrons. The van der Waals surface area contributed by atoms with Crippen LogP contribution in [-0.4, -0.2) is 60.2 Å². The number of amides is 2. The van der Waals surface area contributed by atoms with Gasteiger partial charge in [-0.25, -0.2) is 4.79 Å². The number of anilines is 1. The monoisotopic (exact) mass is 468 g/mol. The van der Waals surface area contributed by atoms with Crippen molar-refractivity contribution in [3.63, 3.8) is 0 Å². The number of hydrogen-bond donors (Lipinski definition) is 2. The van der Waals surface area contributed by atoms with Crippen LogP contribution >= 0.6 is 11.6 Å². The number of halogens is 1. The molecule has 2 aromatic carbocycles. The maximum absolute atomic E-state index is 13.2. The summed E-state index contributed by atoms with van der Waals surface area (Å²) >= 11 is 5.96. The van der Waals surface area contributed by atoms with Gasteiger partial charge in [0.05, 0.1) is 19.8 Å². The van der Waals surface area contributed by atoms with E-state index in [0.29, 0.717) is 42.6 Å². The number of fused-ring (bicyclic) bond motifs is 1. The molecule has 0 atom stereocenters. The molecular weight excluding hydrogens is 440 g/mol. The summed E-state index contributed by atoms with van der Waals surface area (Å²) < 4.78 is 5.42. The molecule has 1 fully saturated rings. The van der Waals surface area contributed by atoms with Crippen LogP contribution in [0.3, 0.4) is 0 Å². The van der Waals surface area contributed by atoms with Crippen LogP contribution in [0.2, 0.25) is 5.02 Å². The Labute approximate surface area is 198 Å². The van der Waals surface area contributed by atoms with Gasteiger partial charge in [0.25, 0.3) is 5.56 Å². The second kappa shape index (κ2) is 10.4. The third kappa shape index (κ3) is 5.93. The van der Waals surface area contributed by atoms with Gasteiger partial charge in [-0.15, -0.1) is 0 Å². The van der Waals surface area contributed by atoms with Gasteiger partial charge in [0, 0.05) is 53.4 Å².